The van der Waals surface area contributed by atoms with Gasteiger partial charge >= 0.3 is 6.09 Å². The molecule has 114 valence electrons. The SMILES string of the molecule is CC(C)(C)OC(=O)NC(c1ccccc1)C(CO)N=[N+]=[N-]. The summed E-state index contributed by atoms with van der Waals surface area (Å²) in [5, 5.41) is 15.5. The predicted molar refractivity (Wildman–Crippen MR) is 78.6 cm³/mol. The Bertz CT molecular complexity index is 507. The van der Waals surface area contributed by atoms with E-state index in [1.165, 1.54) is 0 Å². The molecule has 0 radical (unpaired) electrons. The molecule has 7 heteroatoms. The third-order valence-electron chi connectivity index (χ3n) is 2.60. The van der Waals surface area contributed by atoms with Crippen molar-refractivity contribution < 1.29 is 14.6 Å². The Hall–Kier alpha value is -2.24. The first-order valence-corrected chi connectivity index (χ1v) is 6.57. The average molecular weight is 292 g/mol. The topological polar surface area (TPSA) is 107 Å². The standard InChI is InChI=1S/C14H20N4O3/c1-14(2,3)21-13(20)16-12(11(9-19)17-18-15)10-7-5-4-6-8-10/h4-8,11-12,19H,9H2,1-3H3,(H,16,20). The number of nitrogens with zero attached hydrogens (tertiary/aromatic N) is 3. The first-order valence-electron chi connectivity index (χ1n) is 6.57. The van der Waals surface area contributed by atoms with Gasteiger partial charge < -0.3 is 15.2 Å². The minimum atomic E-state index is -0.815. The Labute approximate surface area is 123 Å². The van der Waals surface area contributed by atoms with Gasteiger partial charge in [-0.3, -0.25) is 0 Å². The maximum atomic E-state index is 11.9. The van der Waals surface area contributed by atoms with Crippen LogP contribution in [0.1, 0.15) is 32.4 Å². The Morgan fingerprint density at radius 3 is 2.52 bits per heavy atom. The fraction of sp³-hybridized carbons (Fsp3) is 0.500. The van der Waals surface area contributed by atoms with E-state index >= 15 is 0 Å². The number of carbonyl (C=O) groups is 1. The van der Waals surface area contributed by atoms with E-state index in [2.05, 4.69) is 15.3 Å². The van der Waals surface area contributed by atoms with Crippen molar-refractivity contribution in [2.24, 2.45) is 5.11 Å². The van der Waals surface area contributed by atoms with Gasteiger partial charge in [0.25, 0.3) is 0 Å². The summed E-state index contributed by atoms with van der Waals surface area (Å²) in [6.07, 6.45) is -0.636. The van der Waals surface area contributed by atoms with Gasteiger partial charge in [-0.15, -0.1) is 0 Å². The maximum Gasteiger partial charge on any atom is 0.408 e. The van der Waals surface area contributed by atoms with Crippen molar-refractivity contribution in [1.82, 2.24) is 5.32 Å². The number of carbonyl (C=O) groups excluding carboxylic acids is 1. The van der Waals surface area contributed by atoms with Crippen molar-refractivity contribution in [3.63, 3.8) is 0 Å². The Balaban J connectivity index is 2.97. The molecule has 2 N–H and O–H groups in total. The summed E-state index contributed by atoms with van der Waals surface area (Å²) in [6, 6.07) is 7.49. The summed E-state index contributed by atoms with van der Waals surface area (Å²) >= 11 is 0. The van der Waals surface area contributed by atoms with Crippen LogP contribution in [0.4, 0.5) is 4.79 Å². The largest absolute Gasteiger partial charge is 0.444 e. The van der Waals surface area contributed by atoms with Gasteiger partial charge in [0, 0.05) is 4.91 Å². The van der Waals surface area contributed by atoms with Crippen LogP contribution in [0.2, 0.25) is 0 Å². The van der Waals surface area contributed by atoms with Gasteiger partial charge in [-0.05, 0) is 31.9 Å². The Morgan fingerprint density at radius 2 is 2.05 bits per heavy atom. The van der Waals surface area contributed by atoms with Gasteiger partial charge in [-0.2, -0.15) is 0 Å². The van der Waals surface area contributed by atoms with E-state index in [9.17, 15) is 9.90 Å². The first-order chi connectivity index (χ1) is 9.87. The summed E-state index contributed by atoms with van der Waals surface area (Å²) in [7, 11) is 0. The molecule has 2 atom stereocenters. The molecule has 1 rings (SSSR count). The zero-order chi connectivity index (χ0) is 15.9. The number of hydrogen-bond donors (Lipinski definition) is 2. The molecule has 1 aromatic rings. The number of alkyl carbamates (subject to hydrolysis) is 1. The molecule has 0 saturated heterocycles. The summed E-state index contributed by atoms with van der Waals surface area (Å²) in [5.41, 5.74) is 8.66. The third-order valence-corrected chi connectivity index (χ3v) is 2.60. The predicted octanol–water partition coefficient (Wildman–Crippen LogP) is 2.92. The van der Waals surface area contributed by atoms with E-state index in [1.54, 1.807) is 45.0 Å². The number of nitrogens with one attached hydrogen (secondary N) is 1. The van der Waals surface area contributed by atoms with Crippen LogP contribution >= 0.6 is 0 Å². The lowest BCUT2D eigenvalue weighted by atomic mass is 10.0. The number of rotatable bonds is 5. The van der Waals surface area contributed by atoms with Crippen LogP contribution in [0.15, 0.2) is 35.4 Å². The highest BCUT2D eigenvalue weighted by Gasteiger charge is 2.26. The average Bonchev–Trinajstić information content (AvgIpc) is 2.41. The second-order valence-electron chi connectivity index (χ2n) is 5.49. The number of hydrogen-bond acceptors (Lipinski definition) is 4. The molecule has 1 aromatic carbocycles. The molecule has 0 aliphatic carbocycles. The molecular weight excluding hydrogens is 272 g/mol. The van der Waals surface area contributed by atoms with Crippen LogP contribution in [-0.4, -0.2) is 29.4 Å². The summed E-state index contributed by atoms with van der Waals surface area (Å²) in [4.78, 5) is 14.6. The number of amides is 1. The monoisotopic (exact) mass is 292 g/mol. The lowest BCUT2D eigenvalue weighted by Gasteiger charge is -2.26. The molecule has 0 heterocycles. The molecule has 0 aromatic heterocycles. The molecule has 0 aliphatic heterocycles. The molecule has 2 unspecified atom stereocenters. The zero-order valence-electron chi connectivity index (χ0n) is 12.4. The van der Waals surface area contributed by atoms with Gasteiger partial charge in [0.05, 0.1) is 18.7 Å². The number of azide groups is 1. The van der Waals surface area contributed by atoms with Crippen molar-refractivity contribution in [1.29, 1.82) is 0 Å². The van der Waals surface area contributed by atoms with Crippen LogP contribution in [0, 0.1) is 0 Å². The fourth-order valence-corrected chi connectivity index (χ4v) is 1.77. The van der Waals surface area contributed by atoms with Gasteiger partial charge in [0.15, 0.2) is 0 Å². The van der Waals surface area contributed by atoms with E-state index in [-0.39, 0.29) is 6.61 Å². The molecule has 0 saturated carbocycles. The van der Waals surface area contributed by atoms with Crippen molar-refractivity contribution in [3.8, 4) is 0 Å². The van der Waals surface area contributed by atoms with Gasteiger partial charge in [-0.25, -0.2) is 4.79 Å². The lowest BCUT2D eigenvalue weighted by molar-refractivity contribution is 0.0488. The van der Waals surface area contributed by atoms with Crippen LogP contribution in [0.3, 0.4) is 0 Å². The molecule has 0 spiro atoms. The van der Waals surface area contributed by atoms with Crippen molar-refractivity contribution in [3.05, 3.63) is 46.3 Å². The number of aliphatic hydroxyl groups is 1. The molecule has 0 aliphatic rings. The second kappa shape index (κ2) is 7.52. The molecule has 7 nitrogen and oxygen atoms in total. The van der Waals surface area contributed by atoms with Crippen molar-refractivity contribution in [2.45, 2.75) is 38.5 Å². The minimum absolute atomic E-state index is 0.389. The van der Waals surface area contributed by atoms with E-state index in [0.29, 0.717) is 0 Å². The van der Waals surface area contributed by atoms with Gasteiger partial charge in [0.2, 0.25) is 0 Å². The van der Waals surface area contributed by atoms with E-state index < -0.39 is 23.8 Å². The van der Waals surface area contributed by atoms with E-state index in [0.717, 1.165) is 5.56 Å². The minimum Gasteiger partial charge on any atom is -0.444 e. The summed E-state index contributed by atoms with van der Waals surface area (Å²) < 4.78 is 5.20. The lowest BCUT2D eigenvalue weighted by Crippen LogP contribution is -2.40. The smallest absolute Gasteiger partial charge is 0.408 e. The third kappa shape index (κ3) is 5.72. The maximum absolute atomic E-state index is 11.9. The Kier molecular flexibility index (Phi) is 6.02. The van der Waals surface area contributed by atoms with Gasteiger partial charge in [0.1, 0.15) is 5.60 Å². The number of ether oxygens (including phenoxy) is 1. The summed E-state index contributed by atoms with van der Waals surface area (Å²) in [6.45, 7) is 4.86. The second-order valence-corrected chi connectivity index (χ2v) is 5.49. The highest BCUT2D eigenvalue weighted by molar-refractivity contribution is 5.68. The van der Waals surface area contributed by atoms with Crippen LogP contribution in [-0.2, 0) is 4.74 Å². The molecule has 21 heavy (non-hydrogen) atoms. The van der Waals surface area contributed by atoms with Crippen molar-refractivity contribution >= 4 is 6.09 Å². The molecule has 0 bridgehead atoms. The first kappa shape index (κ1) is 16.8. The number of benzene rings is 1. The highest BCUT2D eigenvalue weighted by atomic mass is 16.6. The summed E-state index contributed by atoms with van der Waals surface area (Å²) in [5.74, 6) is 0. The number of aliphatic hydroxyl groups excluding tert-OH is 1. The Morgan fingerprint density at radius 1 is 1.43 bits per heavy atom. The van der Waals surface area contributed by atoms with Crippen LogP contribution in [0.25, 0.3) is 10.4 Å². The molecule has 0 fully saturated rings. The quantitative estimate of drug-likeness (QED) is 0.495. The molecular formula is C14H20N4O3. The highest BCUT2D eigenvalue weighted by Crippen LogP contribution is 2.20. The van der Waals surface area contributed by atoms with Crippen LogP contribution < -0.4 is 5.32 Å². The van der Waals surface area contributed by atoms with Gasteiger partial charge in [-0.1, -0.05) is 35.4 Å². The fourth-order valence-electron chi connectivity index (χ4n) is 1.77. The van der Waals surface area contributed by atoms with E-state index in [4.69, 9.17) is 10.3 Å². The van der Waals surface area contributed by atoms with Crippen LogP contribution in [0.5, 0.6) is 0 Å². The molecule has 1 amide bonds. The normalized spacial score (nSPS) is 13.7. The van der Waals surface area contributed by atoms with Crippen molar-refractivity contribution in [2.75, 3.05) is 6.61 Å². The van der Waals surface area contributed by atoms with E-state index in [1.807, 2.05) is 6.07 Å². The zero-order valence-corrected chi connectivity index (χ0v) is 12.4.